The lowest BCUT2D eigenvalue weighted by atomic mass is 9.95. The van der Waals surface area contributed by atoms with Crippen LogP contribution in [-0.4, -0.2) is 12.9 Å². The molecule has 126 valence electrons. The van der Waals surface area contributed by atoms with E-state index in [0.29, 0.717) is 34.4 Å². The van der Waals surface area contributed by atoms with Gasteiger partial charge in [0.15, 0.2) is 5.78 Å². The van der Waals surface area contributed by atoms with Crippen molar-refractivity contribution in [2.75, 3.05) is 7.11 Å². The van der Waals surface area contributed by atoms with Crippen molar-refractivity contribution in [3.63, 3.8) is 0 Å². The molecular formula is C22H19FO2. The number of carbonyl (C=O) groups is 1. The second-order valence-corrected chi connectivity index (χ2v) is 5.92. The van der Waals surface area contributed by atoms with Crippen LogP contribution in [-0.2, 0) is 6.42 Å². The summed E-state index contributed by atoms with van der Waals surface area (Å²) in [5.41, 5.74) is 3.20. The molecule has 0 spiro atoms. The van der Waals surface area contributed by atoms with Crippen LogP contribution in [0, 0.1) is 5.82 Å². The molecule has 0 unspecified atom stereocenters. The summed E-state index contributed by atoms with van der Waals surface area (Å²) in [6.07, 6.45) is 0.496. The third-order valence-electron chi connectivity index (χ3n) is 4.20. The van der Waals surface area contributed by atoms with Gasteiger partial charge in [0.25, 0.3) is 0 Å². The number of carbonyl (C=O) groups excluding carboxylic acids is 1. The second-order valence-electron chi connectivity index (χ2n) is 5.92. The summed E-state index contributed by atoms with van der Waals surface area (Å²) < 4.78 is 20.6. The average molecular weight is 334 g/mol. The average Bonchev–Trinajstić information content (AvgIpc) is 2.64. The van der Waals surface area contributed by atoms with Crippen LogP contribution >= 0.6 is 0 Å². The third kappa shape index (κ3) is 3.61. The summed E-state index contributed by atoms with van der Waals surface area (Å²) in [5.74, 6) is 0.0839. The van der Waals surface area contributed by atoms with Gasteiger partial charge < -0.3 is 4.74 Å². The molecule has 0 saturated heterocycles. The Bertz CT molecular complexity index is 901. The number of hydrogen-bond donors (Lipinski definition) is 0. The number of rotatable bonds is 5. The standard InChI is InChI=1S/C22H19FO2/c1-15(24)17-9-6-10-18(14-17)21-20(25-2)12-11-19(22(21)23)13-16-7-4-3-5-8-16/h3-12,14H,13H2,1-2H3. The van der Waals surface area contributed by atoms with Crippen LogP contribution in [0.4, 0.5) is 4.39 Å². The Hall–Kier alpha value is -2.94. The molecule has 3 aromatic rings. The van der Waals surface area contributed by atoms with E-state index in [0.717, 1.165) is 5.56 Å². The maximum atomic E-state index is 15.3. The molecule has 0 aliphatic carbocycles. The van der Waals surface area contributed by atoms with Gasteiger partial charge in [0.1, 0.15) is 11.6 Å². The number of ketones is 1. The van der Waals surface area contributed by atoms with E-state index in [1.165, 1.54) is 14.0 Å². The molecule has 0 fully saturated rings. The Morgan fingerprint density at radius 3 is 2.44 bits per heavy atom. The molecule has 3 rings (SSSR count). The molecule has 0 amide bonds. The van der Waals surface area contributed by atoms with Gasteiger partial charge in [-0.25, -0.2) is 4.39 Å². The summed E-state index contributed by atoms with van der Waals surface area (Å²) >= 11 is 0. The predicted molar refractivity (Wildman–Crippen MR) is 97.6 cm³/mol. The predicted octanol–water partition coefficient (Wildman–Crippen LogP) is 5.29. The maximum absolute atomic E-state index is 15.3. The zero-order chi connectivity index (χ0) is 17.8. The molecule has 0 radical (unpaired) electrons. The highest BCUT2D eigenvalue weighted by atomic mass is 19.1. The summed E-state index contributed by atoms with van der Waals surface area (Å²) in [6.45, 7) is 1.50. The van der Waals surface area contributed by atoms with Gasteiger partial charge in [-0.05, 0) is 35.7 Å². The lowest BCUT2D eigenvalue weighted by molar-refractivity contribution is 0.101. The fourth-order valence-electron chi connectivity index (χ4n) is 2.89. The lowest BCUT2D eigenvalue weighted by Crippen LogP contribution is -2.00. The highest BCUT2D eigenvalue weighted by molar-refractivity contribution is 5.95. The van der Waals surface area contributed by atoms with Gasteiger partial charge in [-0.3, -0.25) is 4.79 Å². The minimum Gasteiger partial charge on any atom is -0.496 e. The number of ether oxygens (including phenoxy) is 1. The molecule has 2 nitrogen and oxygen atoms in total. The van der Waals surface area contributed by atoms with Gasteiger partial charge >= 0.3 is 0 Å². The molecule has 0 bridgehead atoms. The molecule has 25 heavy (non-hydrogen) atoms. The maximum Gasteiger partial charge on any atom is 0.159 e. The van der Waals surface area contributed by atoms with Gasteiger partial charge in [0.05, 0.1) is 12.7 Å². The van der Waals surface area contributed by atoms with Crippen molar-refractivity contribution >= 4 is 5.78 Å². The molecular weight excluding hydrogens is 315 g/mol. The lowest BCUT2D eigenvalue weighted by Gasteiger charge is -2.14. The van der Waals surface area contributed by atoms with E-state index in [1.807, 2.05) is 30.3 Å². The van der Waals surface area contributed by atoms with E-state index in [4.69, 9.17) is 4.74 Å². The fourth-order valence-corrected chi connectivity index (χ4v) is 2.89. The van der Waals surface area contributed by atoms with Crippen LogP contribution in [0.15, 0.2) is 66.7 Å². The van der Waals surface area contributed by atoms with E-state index in [1.54, 1.807) is 36.4 Å². The summed E-state index contributed by atoms with van der Waals surface area (Å²) in [7, 11) is 1.52. The first-order valence-electron chi connectivity index (χ1n) is 8.11. The SMILES string of the molecule is COc1ccc(Cc2ccccc2)c(F)c1-c1cccc(C(C)=O)c1. The van der Waals surface area contributed by atoms with Gasteiger partial charge in [-0.2, -0.15) is 0 Å². The van der Waals surface area contributed by atoms with Crippen molar-refractivity contribution in [3.05, 3.63) is 89.2 Å². The Labute approximate surface area is 146 Å². The van der Waals surface area contributed by atoms with Crippen LogP contribution in [0.3, 0.4) is 0 Å². The second kappa shape index (κ2) is 7.31. The van der Waals surface area contributed by atoms with Gasteiger partial charge in [0, 0.05) is 12.0 Å². The Kier molecular flexibility index (Phi) is 4.94. The first-order valence-corrected chi connectivity index (χ1v) is 8.11. The van der Waals surface area contributed by atoms with Crippen molar-refractivity contribution in [2.24, 2.45) is 0 Å². The third-order valence-corrected chi connectivity index (χ3v) is 4.20. The Morgan fingerprint density at radius 1 is 1.00 bits per heavy atom. The molecule has 0 N–H and O–H groups in total. The van der Waals surface area contributed by atoms with Crippen molar-refractivity contribution in [3.8, 4) is 16.9 Å². The Morgan fingerprint density at radius 2 is 1.76 bits per heavy atom. The molecule has 0 saturated carbocycles. The number of benzene rings is 3. The Balaban J connectivity index is 2.10. The summed E-state index contributed by atoms with van der Waals surface area (Å²) in [5, 5.41) is 0. The molecule has 0 aliphatic heterocycles. The number of Topliss-reactive ketones (excluding diaryl/α,β-unsaturated/α-hetero) is 1. The molecule has 0 aromatic heterocycles. The highest BCUT2D eigenvalue weighted by Gasteiger charge is 2.17. The highest BCUT2D eigenvalue weighted by Crippen LogP contribution is 2.35. The van der Waals surface area contributed by atoms with E-state index >= 15 is 4.39 Å². The minimum absolute atomic E-state index is 0.0540. The van der Waals surface area contributed by atoms with Crippen molar-refractivity contribution < 1.29 is 13.9 Å². The summed E-state index contributed by atoms with van der Waals surface area (Å²) in [6, 6.07) is 20.3. The van der Waals surface area contributed by atoms with Crippen LogP contribution in [0.25, 0.3) is 11.1 Å². The monoisotopic (exact) mass is 334 g/mol. The van der Waals surface area contributed by atoms with E-state index < -0.39 is 0 Å². The van der Waals surface area contributed by atoms with Gasteiger partial charge in [-0.1, -0.05) is 54.6 Å². The van der Waals surface area contributed by atoms with Gasteiger partial charge in [0.2, 0.25) is 0 Å². The minimum atomic E-state index is -0.316. The fraction of sp³-hybridized carbons (Fsp3) is 0.136. The quantitative estimate of drug-likeness (QED) is 0.592. The topological polar surface area (TPSA) is 26.3 Å². The van der Waals surface area contributed by atoms with Gasteiger partial charge in [-0.15, -0.1) is 0 Å². The largest absolute Gasteiger partial charge is 0.496 e. The zero-order valence-electron chi connectivity index (χ0n) is 14.3. The number of halogens is 1. The van der Waals surface area contributed by atoms with Crippen LogP contribution in [0.1, 0.15) is 28.4 Å². The molecule has 0 heterocycles. The smallest absolute Gasteiger partial charge is 0.159 e. The summed E-state index contributed by atoms with van der Waals surface area (Å²) in [4.78, 5) is 11.7. The van der Waals surface area contributed by atoms with Crippen LogP contribution in [0.2, 0.25) is 0 Å². The van der Waals surface area contributed by atoms with E-state index in [-0.39, 0.29) is 11.6 Å². The first kappa shape index (κ1) is 16.9. The molecule has 0 atom stereocenters. The zero-order valence-corrected chi connectivity index (χ0v) is 14.3. The number of hydrogen-bond acceptors (Lipinski definition) is 2. The van der Waals surface area contributed by atoms with Crippen LogP contribution in [0.5, 0.6) is 5.75 Å². The number of methoxy groups -OCH3 is 1. The van der Waals surface area contributed by atoms with E-state index in [2.05, 4.69) is 0 Å². The molecule has 3 heteroatoms. The van der Waals surface area contributed by atoms with Crippen LogP contribution < -0.4 is 4.74 Å². The normalized spacial score (nSPS) is 10.5. The van der Waals surface area contributed by atoms with E-state index in [9.17, 15) is 4.79 Å². The van der Waals surface area contributed by atoms with Crippen molar-refractivity contribution in [2.45, 2.75) is 13.3 Å². The van der Waals surface area contributed by atoms with Crippen molar-refractivity contribution in [1.29, 1.82) is 0 Å². The molecule has 3 aromatic carbocycles. The molecule has 0 aliphatic rings. The first-order chi connectivity index (χ1) is 12.1. The van der Waals surface area contributed by atoms with Crippen molar-refractivity contribution in [1.82, 2.24) is 0 Å².